The number of benzene rings is 1. The molecule has 4 rings (SSSR count). The first-order valence-corrected chi connectivity index (χ1v) is 8.16. The van der Waals surface area contributed by atoms with Crippen LogP contribution < -0.4 is 10.6 Å². The SMILES string of the molecule is O=C(NCC1CCN(C2CC2)C1)C1Cc2ccccc2N1. The molecule has 1 amide bonds. The van der Waals surface area contributed by atoms with E-state index in [-0.39, 0.29) is 11.9 Å². The lowest BCUT2D eigenvalue weighted by atomic mass is 10.1. The third-order valence-corrected chi connectivity index (χ3v) is 5.03. The molecule has 2 fully saturated rings. The van der Waals surface area contributed by atoms with Crippen LogP contribution in [-0.2, 0) is 11.2 Å². The molecule has 3 aliphatic rings. The summed E-state index contributed by atoms with van der Waals surface area (Å²) in [5, 5.41) is 6.48. The van der Waals surface area contributed by atoms with Crippen LogP contribution in [0.5, 0.6) is 0 Å². The fourth-order valence-corrected chi connectivity index (χ4v) is 3.62. The van der Waals surface area contributed by atoms with Crippen LogP contribution in [0, 0.1) is 5.92 Å². The lowest BCUT2D eigenvalue weighted by molar-refractivity contribution is -0.121. The van der Waals surface area contributed by atoms with Crippen LogP contribution >= 0.6 is 0 Å². The Balaban J connectivity index is 1.26. The van der Waals surface area contributed by atoms with E-state index in [1.165, 1.54) is 37.9 Å². The number of hydrogen-bond acceptors (Lipinski definition) is 3. The Kier molecular flexibility index (Phi) is 3.34. The molecule has 0 radical (unpaired) electrons. The molecule has 2 atom stereocenters. The van der Waals surface area contributed by atoms with Crippen LogP contribution in [0.3, 0.4) is 0 Å². The Morgan fingerprint density at radius 2 is 2.14 bits per heavy atom. The van der Waals surface area contributed by atoms with E-state index in [0.717, 1.165) is 24.7 Å². The summed E-state index contributed by atoms with van der Waals surface area (Å²) in [6.07, 6.45) is 4.79. The number of anilines is 1. The number of nitrogens with one attached hydrogen (secondary N) is 2. The van der Waals surface area contributed by atoms with Crippen molar-refractivity contribution in [2.24, 2.45) is 5.92 Å². The number of nitrogens with zero attached hydrogens (tertiary/aromatic N) is 1. The molecule has 2 N–H and O–H groups in total. The molecule has 2 heterocycles. The first kappa shape index (κ1) is 13.1. The molecular weight excluding hydrogens is 262 g/mol. The minimum Gasteiger partial charge on any atom is -0.373 e. The van der Waals surface area contributed by atoms with Crippen LogP contribution in [-0.4, -0.2) is 42.5 Å². The van der Waals surface area contributed by atoms with E-state index in [9.17, 15) is 4.79 Å². The van der Waals surface area contributed by atoms with E-state index >= 15 is 0 Å². The van der Waals surface area contributed by atoms with E-state index in [1.54, 1.807) is 0 Å². The van der Waals surface area contributed by atoms with Gasteiger partial charge >= 0.3 is 0 Å². The maximum atomic E-state index is 12.3. The van der Waals surface area contributed by atoms with Gasteiger partial charge in [-0.3, -0.25) is 4.79 Å². The highest BCUT2D eigenvalue weighted by Crippen LogP contribution is 2.31. The number of fused-ring (bicyclic) bond motifs is 1. The van der Waals surface area contributed by atoms with E-state index in [0.29, 0.717) is 5.92 Å². The predicted octanol–water partition coefficient (Wildman–Crippen LogP) is 1.62. The van der Waals surface area contributed by atoms with Crippen molar-refractivity contribution in [2.45, 2.75) is 37.8 Å². The topological polar surface area (TPSA) is 44.4 Å². The Morgan fingerprint density at radius 1 is 1.29 bits per heavy atom. The van der Waals surface area contributed by atoms with Crippen molar-refractivity contribution in [1.29, 1.82) is 0 Å². The summed E-state index contributed by atoms with van der Waals surface area (Å²) >= 11 is 0. The summed E-state index contributed by atoms with van der Waals surface area (Å²) in [5.74, 6) is 0.786. The monoisotopic (exact) mass is 285 g/mol. The highest BCUT2D eigenvalue weighted by Gasteiger charge is 2.34. The molecule has 1 saturated heterocycles. The van der Waals surface area contributed by atoms with Crippen molar-refractivity contribution < 1.29 is 4.79 Å². The average Bonchev–Trinajstić information content (AvgIpc) is 3.09. The van der Waals surface area contributed by atoms with Crippen LogP contribution in [0.15, 0.2) is 24.3 Å². The zero-order valence-electron chi connectivity index (χ0n) is 12.3. The largest absolute Gasteiger partial charge is 0.373 e. The van der Waals surface area contributed by atoms with Gasteiger partial charge in [0.2, 0.25) is 5.91 Å². The van der Waals surface area contributed by atoms with Crippen LogP contribution in [0.1, 0.15) is 24.8 Å². The van der Waals surface area contributed by atoms with Crippen molar-refractivity contribution in [2.75, 3.05) is 25.0 Å². The van der Waals surface area contributed by atoms with E-state index in [2.05, 4.69) is 21.6 Å². The molecule has 2 unspecified atom stereocenters. The molecule has 4 nitrogen and oxygen atoms in total. The molecule has 2 aliphatic heterocycles. The third kappa shape index (κ3) is 2.77. The second-order valence-corrected chi connectivity index (χ2v) is 6.68. The third-order valence-electron chi connectivity index (χ3n) is 5.03. The quantitative estimate of drug-likeness (QED) is 0.883. The van der Waals surface area contributed by atoms with Crippen molar-refractivity contribution >= 4 is 11.6 Å². The van der Waals surface area contributed by atoms with Crippen molar-refractivity contribution in [1.82, 2.24) is 10.2 Å². The van der Waals surface area contributed by atoms with Gasteiger partial charge in [0.05, 0.1) is 0 Å². The fourth-order valence-electron chi connectivity index (χ4n) is 3.62. The molecule has 1 aliphatic carbocycles. The van der Waals surface area contributed by atoms with Crippen molar-refractivity contribution in [3.63, 3.8) is 0 Å². The number of hydrogen-bond donors (Lipinski definition) is 2. The first-order valence-electron chi connectivity index (χ1n) is 8.16. The van der Waals surface area contributed by atoms with Gasteiger partial charge in [-0.25, -0.2) is 0 Å². The van der Waals surface area contributed by atoms with Gasteiger partial charge in [0.1, 0.15) is 6.04 Å². The minimum atomic E-state index is -0.0941. The zero-order valence-corrected chi connectivity index (χ0v) is 12.3. The summed E-state index contributed by atoms with van der Waals surface area (Å²) in [6.45, 7) is 3.22. The van der Waals surface area contributed by atoms with Gasteiger partial charge in [0, 0.05) is 31.2 Å². The van der Waals surface area contributed by atoms with Gasteiger partial charge in [-0.2, -0.15) is 0 Å². The van der Waals surface area contributed by atoms with E-state index in [1.807, 2.05) is 18.2 Å². The maximum absolute atomic E-state index is 12.3. The zero-order chi connectivity index (χ0) is 14.2. The van der Waals surface area contributed by atoms with Crippen molar-refractivity contribution in [3.05, 3.63) is 29.8 Å². The van der Waals surface area contributed by atoms with Gasteiger partial charge in [-0.05, 0) is 43.4 Å². The number of carbonyl (C=O) groups excluding carboxylic acids is 1. The Labute approximate surface area is 125 Å². The molecule has 21 heavy (non-hydrogen) atoms. The van der Waals surface area contributed by atoms with Gasteiger partial charge in [0.25, 0.3) is 0 Å². The van der Waals surface area contributed by atoms with Gasteiger partial charge in [-0.15, -0.1) is 0 Å². The number of rotatable bonds is 4. The van der Waals surface area contributed by atoms with E-state index in [4.69, 9.17) is 0 Å². The molecule has 0 spiro atoms. The van der Waals surface area contributed by atoms with Crippen LogP contribution in [0.4, 0.5) is 5.69 Å². The lowest BCUT2D eigenvalue weighted by Gasteiger charge is -2.17. The molecule has 0 bridgehead atoms. The van der Waals surface area contributed by atoms with Crippen LogP contribution in [0.25, 0.3) is 0 Å². The molecule has 4 heteroatoms. The number of amides is 1. The number of carbonyl (C=O) groups is 1. The highest BCUT2D eigenvalue weighted by molar-refractivity contribution is 5.87. The Morgan fingerprint density at radius 3 is 2.95 bits per heavy atom. The lowest BCUT2D eigenvalue weighted by Crippen LogP contribution is -2.41. The normalized spacial score (nSPS) is 28.2. The summed E-state index contributed by atoms with van der Waals surface area (Å²) in [4.78, 5) is 14.9. The summed E-state index contributed by atoms with van der Waals surface area (Å²) in [7, 11) is 0. The number of likely N-dealkylation sites (tertiary alicyclic amines) is 1. The second kappa shape index (κ2) is 5.34. The first-order chi connectivity index (χ1) is 10.3. The summed E-state index contributed by atoms with van der Waals surface area (Å²) in [6, 6.07) is 8.95. The standard InChI is InChI=1S/C17H23N3O/c21-17(16-9-13-3-1-2-4-15(13)19-16)18-10-12-7-8-20(11-12)14-5-6-14/h1-4,12,14,16,19H,5-11H2,(H,18,21). The molecule has 1 aromatic carbocycles. The molecule has 1 aromatic rings. The molecule has 112 valence electrons. The summed E-state index contributed by atoms with van der Waals surface area (Å²) < 4.78 is 0. The van der Waals surface area contributed by atoms with Crippen molar-refractivity contribution in [3.8, 4) is 0 Å². The predicted molar refractivity (Wildman–Crippen MR) is 83.3 cm³/mol. The van der Waals surface area contributed by atoms with Gasteiger partial charge in [0.15, 0.2) is 0 Å². The highest BCUT2D eigenvalue weighted by atomic mass is 16.2. The smallest absolute Gasteiger partial charge is 0.242 e. The average molecular weight is 285 g/mol. The fraction of sp³-hybridized carbons (Fsp3) is 0.588. The van der Waals surface area contributed by atoms with Crippen LogP contribution in [0.2, 0.25) is 0 Å². The molecule has 1 saturated carbocycles. The Bertz CT molecular complexity index is 516. The molecular formula is C17H23N3O. The number of para-hydroxylation sites is 1. The maximum Gasteiger partial charge on any atom is 0.242 e. The van der Waals surface area contributed by atoms with Gasteiger partial charge in [-0.1, -0.05) is 18.2 Å². The second-order valence-electron chi connectivity index (χ2n) is 6.68. The van der Waals surface area contributed by atoms with Gasteiger partial charge < -0.3 is 15.5 Å². The van der Waals surface area contributed by atoms with E-state index < -0.39 is 0 Å². The minimum absolute atomic E-state index is 0.0941. The summed E-state index contributed by atoms with van der Waals surface area (Å²) in [5.41, 5.74) is 2.36. The molecule has 0 aromatic heterocycles. The Hall–Kier alpha value is -1.55.